The number of nitriles is 1. The molecule has 1 atom stereocenters. The van der Waals surface area contributed by atoms with E-state index >= 15 is 4.39 Å². The highest BCUT2D eigenvalue weighted by Gasteiger charge is 2.56. The van der Waals surface area contributed by atoms with Crippen LogP contribution < -0.4 is 0 Å². The number of hydrogen-bond acceptors (Lipinski definition) is 8. The molecular formula is C37H38ClFN4O6. The number of benzene rings is 2. The standard InChI is InChI=1S/C37H38ClFN4O6/c1-35(2,3)49-34(47)42-14-10-24(11-15-42)32(45)25-16-29-31(30(39)17-25)37(26-5-7-27(38)8-6-26,48-22-36(21-44)12-13-36)43(33(29)46)20-28-9-4-23(18-40)19-41-28/h4-9,16-17,19,24,44H,10-15,20-22H2,1-3H3/t37-/m1/s1. The van der Waals surface area contributed by atoms with E-state index in [-0.39, 0.29) is 42.2 Å². The van der Waals surface area contributed by atoms with E-state index in [2.05, 4.69) is 4.98 Å². The van der Waals surface area contributed by atoms with Gasteiger partial charge in [-0.2, -0.15) is 5.26 Å². The van der Waals surface area contributed by atoms with Crippen molar-refractivity contribution in [2.75, 3.05) is 26.3 Å². The molecule has 3 heterocycles. The number of carbonyl (C=O) groups is 3. The Morgan fingerprint density at radius 3 is 2.39 bits per heavy atom. The number of hydrogen-bond donors (Lipinski definition) is 1. The van der Waals surface area contributed by atoms with Crippen molar-refractivity contribution in [3.8, 4) is 6.07 Å². The molecule has 3 aromatic rings. The first-order chi connectivity index (χ1) is 23.3. The molecule has 2 fully saturated rings. The number of ether oxygens (including phenoxy) is 2. The predicted molar refractivity (Wildman–Crippen MR) is 177 cm³/mol. The summed E-state index contributed by atoms with van der Waals surface area (Å²) in [6, 6.07) is 14.4. The number of rotatable bonds is 9. The highest BCUT2D eigenvalue weighted by atomic mass is 35.5. The van der Waals surface area contributed by atoms with Gasteiger partial charge in [-0.25, -0.2) is 9.18 Å². The number of amides is 2. The molecule has 1 aromatic heterocycles. The van der Waals surface area contributed by atoms with Crippen LogP contribution >= 0.6 is 11.6 Å². The van der Waals surface area contributed by atoms with Crippen LogP contribution in [0.25, 0.3) is 0 Å². The first-order valence-electron chi connectivity index (χ1n) is 16.3. The summed E-state index contributed by atoms with van der Waals surface area (Å²) in [5, 5.41) is 19.8. The maximum atomic E-state index is 16.8. The summed E-state index contributed by atoms with van der Waals surface area (Å²) in [5.74, 6) is -2.17. The first-order valence-corrected chi connectivity index (χ1v) is 16.7. The van der Waals surface area contributed by atoms with Gasteiger partial charge in [-0.05, 0) is 82.9 Å². The van der Waals surface area contributed by atoms with Crippen LogP contribution in [-0.4, -0.2) is 69.6 Å². The fraction of sp³-hybridized carbons (Fsp3) is 0.432. The monoisotopic (exact) mass is 688 g/mol. The molecule has 12 heteroatoms. The van der Waals surface area contributed by atoms with Gasteiger partial charge in [-0.15, -0.1) is 0 Å². The number of fused-ring (bicyclic) bond motifs is 1. The van der Waals surface area contributed by atoms with E-state index in [1.54, 1.807) is 62.1 Å². The molecule has 0 radical (unpaired) electrons. The first kappa shape index (κ1) is 34.5. The smallest absolute Gasteiger partial charge is 0.410 e. The second kappa shape index (κ2) is 13.2. The highest BCUT2D eigenvalue weighted by molar-refractivity contribution is 6.30. The summed E-state index contributed by atoms with van der Waals surface area (Å²) >= 11 is 6.25. The number of halogens is 2. The third-order valence-electron chi connectivity index (χ3n) is 9.48. The lowest BCUT2D eigenvalue weighted by molar-refractivity contribution is -0.130. The Kier molecular flexibility index (Phi) is 9.26. The minimum absolute atomic E-state index is 0.0213. The zero-order chi connectivity index (χ0) is 35.1. The van der Waals surface area contributed by atoms with E-state index in [4.69, 9.17) is 21.1 Å². The van der Waals surface area contributed by atoms with Crippen molar-refractivity contribution in [2.24, 2.45) is 11.3 Å². The molecule has 1 saturated heterocycles. The molecule has 2 aliphatic heterocycles. The molecule has 3 aliphatic rings. The number of nitrogens with zero attached hydrogens (tertiary/aromatic N) is 4. The zero-order valence-electron chi connectivity index (χ0n) is 27.7. The summed E-state index contributed by atoms with van der Waals surface area (Å²) in [4.78, 5) is 48.2. The molecule has 0 bridgehead atoms. The largest absolute Gasteiger partial charge is 0.444 e. The summed E-state index contributed by atoms with van der Waals surface area (Å²) in [6.07, 6.45) is 3.09. The number of Topliss-reactive ketones (excluding diaryl/α,β-unsaturated/α-hetero) is 1. The lowest BCUT2D eigenvalue weighted by Crippen LogP contribution is -2.48. The van der Waals surface area contributed by atoms with Gasteiger partial charge in [-0.3, -0.25) is 19.5 Å². The van der Waals surface area contributed by atoms with Gasteiger partial charge in [0.1, 0.15) is 17.5 Å². The molecule has 2 aromatic carbocycles. The zero-order valence-corrected chi connectivity index (χ0v) is 28.4. The molecule has 10 nitrogen and oxygen atoms in total. The molecule has 6 rings (SSSR count). The van der Waals surface area contributed by atoms with Gasteiger partial charge in [0.25, 0.3) is 5.91 Å². The Hall–Kier alpha value is -4.37. The van der Waals surface area contributed by atoms with Gasteiger partial charge in [0.2, 0.25) is 0 Å². The molecule has 49 heavy (non-hydrogen) atoms. The number of likely N-dealkylation sites (tertiary alicyclic amines) is 1. The van der Waals surface area contributed by atoms with Gasteiger partial charge >= 0.3 is 6.09 Å². The number of ketones is 1. The van der Waals surface area contributed by atoms with E-state index in [1.807, 2.05) is 6.07 Å². The number of aliphatic hydroxyl groups is 1. The molecule has 1 N–H and O–H groups in total. The molecule has 256 valence electrons. The Bertz CT molecular complexity index is 1810. The predicted octanol–water partition coefficient (Wildman–Crippen LogP) is 6.22. The average Bonchev–Trinajstić information content (AvgIpc) is 3.83. The third-order valence-corrected chi connectivity index (χ3v) is 9.73. The van der Waals surface area contributed by atoms with Crippen molar-refractivity contribution < 1.29 is 33.4 Å². The molecule has 1 aliphatic carbocycles. The van der Waals surface area contributed by atoms with Crippen LogP contribution in [0.3, 0.4) is 0 Å². The van der Waals surface area contributed by atoms with E-state index in [9.17, 15) is 24.8 Å². The number of aromatic nitrogens is 1. The van der Waals surface area contributed by atoms with Gasteiger partial charge < -0.3 is 19.5 Å². The molecule has 1 saturated carbocycles. The number of carbonyl (C=O) groups excluding carboxylic acids is 3. The summed E-state index contributed by atoms with van der Waals surface area (Å²) in [6.45, 7) is 5.77. The minimum atomic E-state index is -1.79. The van der Waals surface area contributed by atoms with Gasteiger partial charge in [0, 0.05) is 46.8 Å². The van der Waals surface area contributed by atoms with Crippen LogP contribution in [0.4, 0.5) is 9.18 Å². The number of piperidine rings is 1. The third kappa shape index (κ3) is 6.78. The topological polar surface area (TPSA) is 133 Å². The van der Waals surface area contributed by atoms with Crippen molar-refractivity contribution >= 4 is 29.4 Å². The number of aliphatic hydroxyl groups excluding tert-OH is 1. The quantitative estimate of drug-likeness (QED) is 0.262. The fourth-order valence-electron chi connectivity index (χ4n) is 6.49. The molecule has 0 unspecified atom stereocenters. The Balaban J connectivity index is 1.39. The minimum Gasteiger partial charge on any atom is -0.444 e. The Morgan fingerprint density at radius 2 is 1.82 bits per heavy atom. The SMILES string of the molecule is CC(C)(C)OC(=O)N1CCC(C(=O)c2cc(F)c3c(c2)C(=O)N(Cc2ccc(C#N)cn2)[C@@]3(OCC2(CO)CC2)c2ccc(Cl)cc2)CC1. The molecule has 0 spiro atoms. The van der Waals surface area contributed by atoms with Crippen LogP contribution in [-0.2, 0) is 21.7 Å². The Labute approximate surface area is 289 Å². The summed E-state index contributed by atoms with van der Waals surface area (Å²) < 4.78 is 28.9. The molecule has 2 amide bonds. The van der Waals surface area contributed by atoms with Crippen LogP contribution in [0.1, 0.15) is 89.6 Å². The van der Waals surface area contributed by atoms with Crippen molar-refractivity contribution in [1.82, 2.24) is 14.8 Å². The van der Waals surface area contributed by atoms with Gasteiger partial charge in [-0.1, -0.05) is 23.7 Å². The maximum Gasteiger partial charge on any atom is 0.410 e. The van der Waals surface area contributed by atoms with Gasteiger partial charge in [0.15, 0.2) is 11.5 Å². The van der Waals surface area contributed by atoms with Crippen LogP contribution in [0.2, 0.25) is 5.02 Å². The van der Waals surface area contributed by atoms with Crippen molar-refractivity contribution in [1.29, 1.82) is 5.26 Å². The van der Waals surface area contributed by atoms with E-state index < -0.39 is 40.5 Å². The lowest BCUT2D eigenvalue weighted by atomic mass is 9.86. The van der Waals surface area contributed by atoms with Crippen molar-refractivity contribution in [3.63, 3.8) is 0 Å². The van der Waals surface area contributed by atoms with Crippen molar-refractivity contribution in [3.05, 3.63) is 99.1 Å². The highest BCUT2D eigenvalue weighted by Crippen LogP contribution is 2.52. The van der Waals surface area contributed by atoms with E-state index in [0.29, 0.717) is 60.6 Å². The Morgan fingerprint density at radius 1 is 1.12 bits per heavy atom. The summed E-state index contributed by atoms with van der Waals surface area (Å²) in [7, 11) is 0. The normalized spacial score (nSPS) is 20.1. The fourth-order valence-corrected chi connectivity index (χ4v) is 6.62. The molecular weight excluding hydrogens is 651 g/mol. The number of pyridine rings is 1. The second-order valence-corrected chi connectivity index (χ2v) is 14.6. The second-order valence-electron chi connectivity index (χ2n) is 14.1. The van der Waals surface area contributed by atoms with Crippen LogP contribution in [0.15, 0.2) is 54.7 Å². The van der Waals surface area contributed by atoms with E-state index in [0.717, 1.165) is 6.07 Å². The average molecular weight is 689 g/mol. The van der Waals surface area contributed by atoms with E-state index in [1.165, 1.54) is 17.2 Å². The van der Waals surface area contributed by atoms with Crippen LogP contribution in [0.5, 0.6) is 0 Å². The maximum absolute atomic E-state index is 16.8. The van der Waals surface area contributed by atoms with Crippen molar-refractivity contribution in [2.45, 2.75) is 64.3 Å². The lowest BCUT2D eigenvalue weighted by Gasteiger charge is -2.40. The van der Waals surface area contributed by atoms with Crippen LogP contribution in [0, 0.1) is 28.5 Å². The van der Waals surface area contributed by atoms with Gasteiger partial charge in [0.05, 0.1) is 42.1 Å². The summed E-state index contributed by atoms with van der Waals surface area (Å²) in [5.41, 5.74) is -1.78.